The summed E-state index contributed by atoms with van der Waals surface area (Å²) in [6, 6.07) is 6.01. The van der Waals surface area contributed by atoms with Gasteiger partial charge in [-0.1, -0.05) is 0 Å². The number of ether oxygens (including phenoxy) is 1. The lowest BCUT2D eigenvalue weighted by Crippen LogP contribution is -2.42. The maximum Gasteiger partial charge on any atom is 0.119 e. The predicted molar refractivity (Wildman–Crippen MR) is 60.4 cm³/mol. The van der Waals surface area contributed by atoms with Crippen molar-refractivity contribution < 1.29 is 9.84 Å². The molecule has 0 fully saturated rings. The molecule has 0 saturated carbocycles. The zero-order valence-electron chi connectivity index (χ0n) is 9.21. The van der Waals surface area contributed by atoms with Gasteiger partial charge in [-0.2, -0.15) is 0 Å². The molecule has 0 spiro atoms. The van der Waals surface area contributed by atoms with Crippen LogP contribution in [-0.4, -0.2) is 24.4 Å². The zero-order valence-corrected chi connectivity index (χ0v) is 9.21. The van der Waals surface area contributed by atoms with Crippen LogP contribution < -0.4 is 10.1 Å². The van der Waals surface area contributed by atoms with Crippen molar-refractivity contribution in [1.29, 1.82) is 0 Å². The molecular weight excluding hydrogens is 190 g/mol. The van der Waals surface area contributed by atoms with E-state index in [1.807, 2.05) is 19.1 Å². The second-order valence-corrected chi connectivity index (χ2v) is 4.37. The van der Waals surface area contributed by atoms with Gasteiger partial charge in [0.05, 0.1) is 19.3 Å². The average molecular weight is 207 g/mol. The summed E-state index contributed by atoms with van der Waals surface area (Å²) >= 11 is 0. The average Bonchev–Trinajstić information content (AvgIpc) is 2.28. The van der Waals surface area contributed by atoms with E-state index in [1.54, 1.807) is 7.11 Å². The third kappa shape index (κ3) is 1.92. The summed E-state index contributed by atoms with van der Waals surface area (Å²) in [4.78, 5) is 0. The molecule has 3 nitrogen and oxygen atoms in total. The van der Waals surface area contributed by atoms with Gasteiger partial charge in [0.15, 0.2) is 0 Å². The quantitative estimate of drug-likeness (QED) is 0.777. The van der Waals surface area contributed by atoms with Crippen LogP contribution in [0, 0.1) is 0 Å². The Morgan fingerprint density at radius 1 is 1.53 bits per heavy atom. The van der Waals surface area contributed by atoms with Crippen LogP contribution in [0.1, 0.15) is 18.9 Å². The third-order valence-electron chi connectivity index (χ3n) is 3.04. The molecular formula is C12H17NO2. The van der Waals surface area contributed by atoms with Crippen molar-refractivity contribution >= 4 is 5.69 Å². The maximum absolute atomic E-state index is 9.29. The van der Waals surface area contributed by atoms with Gasteiger partial charge in [0.25, 0.3) is 0 Å². The van der Waals surface area contributed by atoms with E-state index in [-0.39, 0.29) is 12.1 Å². The molecule has 1 aliphatic rings. The van der Waals surface area contributed by atoms with Gasteiger partial charge in [0.2, 0.25) is 0 Å². The Balaban J connectivity index is 2.28. The van der Waals surface area contributed by atoms with Gasteiger partial charge in [-0.25, -0.2) is 0 Å². The van der Waals surface area contributed by atoms with Crippen LogP contribution in [0.4, 0.5) is 5.69 Å². The van der Waals surface area contributed by atoms with Gasteiger partial charge in [-0.3, -0.25) is 0 Å². The van der Waals surface area contributed by atoms with Gasteiger partial charge >= 0.3 is 0 Å². The van der Waals surface area contributed by atoms with E-state index >= 15 is 0 Å². The van der Waals surface area contributed by atoms with Crippen molar-refractivity contribution in [1.82, 2.24) is 0 Å². The summed E-state index contributed by atoms with van der Waals surface area (Å²) in [6.07, 6.45) is 1.93. The Hall–Kier alpha value is -1.22. The van der Waals surface area contributed by atoms with E-state index in [1.165, 1.54) is 5.56 Å². The number of hydrogen-bond acceptors (Lipinski definition) is 3. The minimum absolute atomic E-state index is 0.165. The normalized spacial score (nSPS) is 24.2. The maximum atomic E-state index is 9.29. The summed E-state index contributed by atoms with van der Waals surface area (Å²) in [7, 11) is 1.68. The highest BCUT2D eigenvalue weighted by molar-refractivity contribution is 5.57. The Morgan fingerprint density at radius 2 is 2.33 bits per heavy atom. The molecule has 2 N–H and O–H groups in total. The summed E-state index contributed by atoms with van der Waals surface area (Å²) in [5.41, 5.74) is 2.19. The second-order valence-electron chi connectivity index (χ2n) is 4.37. The Kier molecular flexibility index (Phi) is 2.57. The van der Waals surface area contributed by atoms with Crippen LogP contribution in [-0.2, 0) is 6.42 Å². The van der Waals surface area contributed by atoms with E-state index < -0.39 is 0 Å². The molecule has 1 unspecified atom stereocenters. The first-order valence-corrected chi connectivity index (χ1v) is 5.23. The number of methoxy groups -OCH3 is 1. The number of hydrogen-bond donors (Lipinski definition) is 2. The highest BCUT2D eigenvalue weighted by Crippen LogP contribution is 2.32. The number of aliphatic hydroxyl groups excluding tert-OH is 1. The summed E-state index contributed by atoms with van der Waals surface area (Å²) in [6.45, 7) is 2.21. The summed E-state index contributed by atoms with van der Waals surface area (Å²) in [5, 5.41) is 12.7. The summed E-state index contributed by atoms with van der Waals surface area (Å²) in [5.74, 6) is 0.892. The van der Waals surface area contributed by atoms with Crippen LogP contribution in [0.5, 0.6) is 5.75 Å². The highest BCUT2D eigenvalue weighted by atomic mass is 16.5. The molecule has 0 aliphatic carbocycles. The van der Waals surface area contributed by atoms with Crippen molar-refractivity contribution in [2.45, 2.75) is 25.3 Å². The van der Waals surface area contributed by atoms with Crippen molar-refractivity contribution in [2.75, 3.05) is 19.0 Å². The lowest BCUT2D eigenvalue weighted by molar-refractivity contribution is 0.212. The number of rotatable bonds is 2. The first kappa shape index (κ1) is 10.3. The minimum Gasteiger partial charge on any atom is -0.497 e. The van der Waals surface area contributed by atoms with Crippen LogP contribution in [0.2, 0.25) is 0 Å². The Morgan fingerprint density at radius 3 is 3.00 bits per heavy atom. The van der Waals surface area contributed by atoms with Crippen molar-refractivity contribution in [3.8, 4) is 5.75 Å². The number of fused-ring (bicyclic) bond motifs is 1. The number of benzene rings is 1. The molecule has 1 atom stereocenters. The number of nitrogens with one attached hydrogen (secondary N) is 1. The first-order valence-electron chi connectivity index (χ1n) is 5.23. The van der Waals surface area contributed by atoms with E-state index in [0.717, 1.165) is 24.3 Å². The fourth-order valence-electron chi connectivity index (χ4n) is 1.94. The highest BCUT2D eigenvalue weighted by Gasteiger charge is 2.28. The Labute approximate surface area is 90.1 Å². The van der Waals surface area contributed by atoms with E-state index in [4.69, 9.17) is 4.74 Å². The van der Waals surface area contributed by atoms with E-state index in [2.05, 4.69) is 11.4 Å². The molecule has 1 aliphatic heterocycles. The minimum atomic E-state index is -0.179. The number of anilines is 1. The lowest BCUT2D eigenvalue weighted by atomic mass is 9.88. The molecule has 1 aromatic rings. The molecule has 0 aromatic heterocycles. The number of aliphatic hydroxyl groups is 1. The molecule has 0 radical (unpaired) electrons. The summed E-state index contributed by atoms with van der Waals surface area (Å²) < 4.78 is 5.18. The monoisotopic (exact) mass is 207 g/mol. The van der Waals surface area contributed by atoms with Gasteiger partial charge < -0.3 is 15.2 Å². The molecule has 1 aromatic carbocycles. The molecule has 1 heterocycles. The topological polar surface area (TPSA) is 41.5 Å². The first-order chi connectivity index (χ1) is 7.17. The Bertz CT molecular complexity index is 365. The smallest absolute Gasteiger partial charge is 0.119 e. The zero-order chi connectivity index (χ0) is 10.9. The van der Waals surface area contributed by atoms with Crippen LogP contribution in [0.3, 0.4) is 0 Å². The van der Waals surface area contributed by atoms with Gasteiger partial charge in [0.1, 0.15) is 5.75 Å². The fraction of sp³-hybridized carbons (Fsp3) is 0.500. The third-order valence-corrected chi connectivity index (χ3v) is 3.04. The molecule has 0 saturated heterocycles. The standard InChI is InChI=1S/C12H17NO2/c1-12(8-14)6-5-9-7-10(15-2)3-4-11(9)13-12/h3-4,7,13-14H,5-6,8H2,1-2H3. The lowest BCUT2D eigenvalue weighted by Gasteiger charge is -2.35. The molecule has 0 amide bonds. The number of aryl methyl sites for hydroxylation is 1. The van der Waals surface area contributed by atoms with Crippen molar-refractivity contribution in [3.63, 3.8) is 0 Å². The molecule has 3 heteroatoms. The largest absolute Gasteiger partial charge is 0.497 e. The van der Waals surface area contributed by atoms with E-state index in [9.17, 15) is 5.11 Å². The molecule has 0 bridgehead atoms. The second kappa shape index (κ2) is 3.74. The van der Waals surface area contributed by atoms with Crippen molar-refractivity contribution in [3.05, 3.63) is 23.8 Å². The predicted octanol–water partition coefficient (Wildman–Crippen LogP) is 1.80. The SMILES string of the molecule is COc1ccc2c(c1)CCC(C)(CO)N2. The fourth-order valence-corrected chi connectivity index (χ4v) is 1.94. The van der Waals surface area contributed by atoms with E-state index in [0.29, 0.717) is 0 Å². The molecule has 2 rings (SSSR count). The van der Waals surface area contributed by atoms with Crippen LogP contribution in [0.15, 0.2) is 18.2 Å². The van der Waals surface area contributed by atoms with Crippen LogP contribution >= 0.6 is 0 Å². The van der Waals surface area contributed by atoms with Gasteiger partial charge in [-0.05, 0) is 43.5 Å². The van der Waals surface area contributed by atoms with Crippen LogP contribution in [0.25, 0.3) is 0 Å². The van der Waals surface area contributed by atoms with Crippen molar-refractivity contribution in [2.24, 2.45) is 0 Å². The molecule has 82 valence electrons. The molecule has 15 heavy (non-hydrogen) atoms. The van der Waals surface area contributed by atoms with Gasteiger partial charge in [0, 0.05) is 5.69 Å². The van der Waals surface area contributed by atoms with Gasteiger partial charge in [-0.15, -0.1) is 0 Å².